The quantitative estimate of drug-likeness (QED) is 0.717. The van der Waals surface area contributed by atoms with Crippen LogP contribution >= 0.6 is 0 Å². The Morgan fingerprint density at radius 2 is 2.31 bits per heavy atom. The van der Waals surface area contributed by atoms with Crippen LogP contribution in [0.25, 0.3) is 0 Å². The molecule has 0 unspecified atom stereocenters. The van der Waals surface area contributed by atoms with Crippen LogP contribution in [0, 0.1) is 0 Å². The highest BCUT2D eigenvalue weighted by atomic mass is 32.2. The predicted octanol–water partition coefficient (Wildman–Crippen LogP) is 0.0650. The van der Waals surface area contributed by atoms with Crippen molar-refractivity contribution in [1.29, 1.82) is 0 Å². The molecule has 6 nitrogen and oxygen atoms in total. The van der Waals surface area contributed by atoms with Crippen molar-refractivity contribution < 1.29 is 8.42 Å². The molecule has 0 amide bonds. The summed E-state index contributed by atoms with van der Waals surface area (Å²) in [5.74, 6) is 0. The average molecular weight is 244 g/mol. The van der Waals surface area contributed by atoms with Gasteiger partial charge in [-0.15, -0.1) is 0 Å². The van der Waals surface area contributed by atoms with Crippen molar-refractivity contribution in [3.8, 4) is 0 Å². The third-order valence-corrected chi connectivity index (χ3v) is 3.88. The van der Waals surface area contributed by atoms with Gasteiger partial charge in [0, 0.05) is 25.7 Å². The van der Waals surface area contributed by atoms with Gasteiger partial charge in [-0.25, -0.2) is 8.42 Å². The van der Waals surface area contributed by atoms with Gasteiger partial charge in [-0.3, -0.25) is 5.10 Å². The molecule has 16 heavy (non-hydrogen) atoms. The number of rotatable bonds is 5. The van der Waals surface area contributed by atoms with E-state index in [4.69, 9.17) is 5.73 Å². The second-order valence-corrected chi connectivity index (χ2v) is 5.63. The van der Waals surface area contributed by atoms with Gasteiger partial charge in [0.2, 0.25) is 0 Å². The Morgan fingerprint density at radius 3 is 2.81 bits per heavy atom. The van der Waals surface area contributed by atoms with Gasteiger partial charge >= 0.3 is 0 Å². The third-order valence-electron chi connectivity index (χ3n) is 2.06. The fourth-order valence-electron chi connectivity index (χ4n) is 1.29. The van der Waals surface area contributed by atoms with Crippen LogP contribution < -0.4 is 5.73 Å². The van der Waals surface area contributed by atoms with E-state index in [9.17, 15) is 8.42 Å². The summed E-state index contributed by atoms with van der Waals surface area (Å²) >= 11 is 0. The number of aromatic nitrogens is 2. The number of hydrogen-bond donors (Lipinski definition) is 2. The van der Waals surface area contributed by atoms with Crippen LogP contribution in [0.15, 0.2) is 23.4 Å². The zero-order chi connectivity index (χ0) is 12.3. The first-order valence-electron chi connectivity index (χ1n) is 4.72. The van der Waals surface area contributed by atoms with Crippen LogP contribution in [-0.4, -0.2) is 36.5 Å². The van der Waals surface area contributed by atoms with Crippen LogP contribution in [0.1, 0.15) is 12.5 Å². The highest BCUT2D eigenvalue weighted by Gasteiger charge is 2.25. The highest BCUT2D eigenvalue weighted by molar-refractivity contribution is 7.89. The molecule has 1 heterocycles. The molecule has 0 aliphatic rings. The fraction of sp³-hybridized carbons (Fsp3) is 0.444. The molecule has 0 aromatic carbocycles. The first kappa shape index (κ1) is 12.9. The number of H-pyrrole nitrogens is 1. The number of aromatic amines is 1. The molecule has 0 spiro atoms. The highest BCUT2D eigenvalue weighted by Crippen LogP contribution is 2.16. The van der Waals surface area contributed by atoms with E-state index in [0.29, 0.717) is 5.56 Å². The minimum Gasteiger partial charge on any atom is -0.326 e. The Balaban J connectivity index is 3.07. The van der Waals surface area contributed by atoms with E-state index in [0.717, 1.165) is 5.57 Å². The zero-order valence-corrected chi connectivity index (χ0v) is 10.2. The maximum absolute atomic E-state index is 12.1. The van der Waals surface area contributed by atoms with Gasteiger partial charge in [0.05, 0.1) is 6.20 Å². The van der Waals surface area contributed by atoms with E-state index in [-0.39, 0.29) is 18.1 Å². The molecule has 0 saturated carbocycles. The Morgan fingerprint density at radius 1 is 1.69 bits per heavy atom. The maximum Gasteiger partial charge on any atom is 0.260 e. The molecule has 7 heteroatoms. The van der Waals surface area contributed by atoms with E-state index >= 15 is 0 Å². The van der Waals surface area contributed by atoms with Gasteiger partial charge in [0.25, 0.3) is 10.0 Å². The summed E-state index contributed by atoms with van der Waals surface area (Å²) in [7, 11) is -2.07. The van der Waals surface area contributed by atoms with Gasteiger partial charge in [-0.1, -0.05) is 12.2 Å². The van der Waals surface area contributed by atoms with Crippen molar-refractivity contribution in [2.24, 2.45) is 5.73 Å². The molecule has 0 radical (unpaired) electrons. The molecule has 90 valence electrons. The fourth-order valence-corrected chi connectivity index (χ4v) is 2.63. The molecule has 0 atom stereocenters. The summed E-state index contributed by atoms with van der Waals surface area (Å²) in [6, 6.07) is 0. The number of sulfonamides is 1. The SMILES string of the molecule is C=C(C)CN(C)S(=O)(=O)c1[nH]ncc1CN. The summed E-state index contributed by atoms with van der Waals surface area (Å²) in [6.07, 6.45) is 1.42. The summed E-state index contributed by atoms with van der Waals surface area (Å²) in [4.78, 5) is 0. The predicted molar refractivity (Wildman–Crippen MR) is 61.1 cm³/mol. The van der Waals surface area contributed by atoms with E-state index in [1.165, 1.54) is 17.5 Å². The van der Waals surface area contributed by atoms with Crippen LogP contribution in [0.4, 0.5) is 0 Å². The normalized spacial score (nSPS) is 12.0. The number of hydrogen-bond acceptors (Lipinski definition) is 4. The van der Waals surface area contributed by atoms with Crippen molar-refractivity contribution in [1.82, 2.24) is 14.5 Å². The van der Waals surface area contributed by atoms with Crippen molar-refractivity contribution >= 4 is 10.0 Å². The second-order valence-electron chi connectivity index (χ2n) is 3.65. The average Bonchev–Trinajstić information content (AvgIpc) is 2.64. The molecule has 0 aliphatic carbocycles. The zero-order valence-electron chi connectivity index (χ0n) is 9.40. The summed E-state index contributed by atoms with van der Waals surface area (Å²) in [6.45, 7) is 5.84. The molecule has 1 aromatic rings. The molecule has 0 fully saturated rings. The first-order valence-corrected chi connectivity index (χ1v) is 6.16. The number of nitrogens with one attached hydrogen (secondary N) is 1. The lowest BCUT2D eigenvalue weighted by Gasteiger charge is -2.16. The minimum absolute atomic E-state index is 0.0544. The van der Waals surface area contributed by atoms with Crippen LogP contribution in [0.2, 0.25) is 0 Å². The number of nitrogens with two attached hydrogens (primary N) is 1. The largest absolute Gasteiger partial charge is 0.326 e. The summed E-state index contributed by atoms with van der Waals surface area (Å²) in [5.41, 5.74) is 6.68. The summed E-state index contributed by atoms with van der Waals surface area (Å²) < 4.78 is 25.3. The molecule has 1 aromatic heterocycles. The maximum atomic E-state index is 12.1. The van der Waals surface area contributed by atoms with E-state index in [2.05, 4.69) is 16.8 Å². The smallest absolute Gasteiger partial charge is 0.260 e. The monoisotopic (exact) mass is 244 g/mol. The van der Waals surface area contributed by atoms with E-state index < -0.39 is 10.0 Å². The van der Waals surface area contributed by atoms with E-state index in [1.54, 1.807) is 6.92 Å². The number of likely N-dealkylation sites (N-methyl/N-ethyl adjacent to an activating group) is 1. The van der Waals surface area contributed by atoms with Gasteiger partial charge in [0.15, 0.2) is 5.03 Å². The van der Waals surface area contributed by atoms with Crippen molar-refractivity contribution in [2.75, 3.05) is 13.6 Å². The van der Waals surface area contributed by atoms with Crippen molar-refractivity contribution in [3.05, 3.63) is 23.9 Å². The van der Waals surface area contributed by atoms with Gasteiger partial charge in [-0.05, 0) is 6.92 Å². The Hall–Kier alpha value is -1.18. The van der Waals surface area contributed by atoms with Crippen molar-refractivity contribution in [2.45, 2.75) is 18.5 Å². The Kier molecular flexibility index (Phi) is 3.84. The minimum atomic E-state index is -3.56. The van der Waals surface area contributed by atoms with Crippen molar-refractivity contribution in [3.63, 3.8) is 0 Å². The lowest BCUT2D eigenvalue weighted by molar-refractivity contribution is 0.488. The van der Waals surface area contributed by atoms with Crippen LogP contribution in [0.3, 0.4) is 0 Å². The molecule has 0 saturated heterocycles. The Bertz CT molecular complexity index is 477. The Labute approximate surface area is 95.2 Å². The molecule has 0 bridgehead atoms. The molecular formula is C9H16N4O2S. The standard InChI is InChI=1S/C9H16N4O2S/c1-7(2)6-13(3)16(14,15)9-8(4-10)5-11-12-9/h5H,1,4,6,10H2,2-3H3,(H,11,12). The van der Waals surface area contributed by atoms with Crippen LogP contribution in [-0.2, 0) is 16.6 Å². The van der Waals surface area contributed by atoms with Gasteiger partial charge in [0.1, 0.15) is 0 Å². The van der Waals surface area contributed by atoms with Gasteiger partial charge < -0.3 is 5.73 Å². The third kappa shape index (κ3) is 2.49. The lowest BCUT2D eigenvalue weighted by Crippen LogP contribution is -2.29. The summed E-state index contributed by atoms with van der Waals surface area (Å²) in [5, 5.41) is 6.20. The lowest BCUT2D eigenvalue weighted by atomic mass is 10.4. The molecular weight excluding hydrogens is 228 g/mol. The topological polar surface area (TPSA) is 92.1 Å². The first-order chi connectivity index (χ1) is 7.39. The van der Waals surface area contributed by atoms with Crippen LogP contribution in [0.5, 0.6) is 0 Å². The second kappa shape index (κ2) is 4.77. The van der Waals surface area contributed by atoms with E-state index in [1.807, 2.05) is 0 Å². The molecule has 3 N–H and O–H groups in total. The number of nitrogens with zero attached hydrogens (tertiary/aromatic N) is 2. The molecule has 1 rings (SSSR count). The molecule has 0 aliphatic heterocycles. The van der Waals surface area contributed by atoms with Gasteiger partial charge in [-0.2, -0.15) is 9.40 Å².